The van der Waals surface area contributed by atoms with Crippen LogP contribution in [0.3, 0.4) is 0 Å². The zero-order valence-electron chi connectivity index (χ0n) is 31.7. The minimum atomic E-state index is -1.03. The lowest BCUT2D eigenvalue weighted by Crippen LogP contribution is -2.28. The summed E-state index contributed by atoms with van der Waals surface area (Å²) < 4.78 is 5.92. The molecular formula is C44H71NO5. The Morgan fingerprint density at radius 3 is 1.64 bits per heavy atom. The van der Waals surface area contributed by atoms with Gasteiger partial charge >= 0.3 is 11.9 Å². The SMILES string of the molecule is CC/C=C\C/C=C\C/C=C\C/C=C\C/C=C\CC(=O)OC(CCC/C=C\C/C=C\CCCCCCC)CCCCCCCC(=O)NCC(=O)O. The molecule has 2 N–H and O–H groups in total. The third-order valence-corrected chi connectivity index (χ3v) is 8.08. The highest BCUT2D eigenvalue weighted by Crippen LogP contribution is 2.16. The second-order valence-electron chi connectivity index (χ2n) is 12.8. The van der Waals surface area contributed by atoms with Crippen LogP contribution in [0.5, 0.6) is 0 Å². The Balaban J connectivity index is 4.45. The zero-order valence-corrected chi connectivity index (χ0v) is 31.7. The standard InChI is InChI=1S/C44H71NO5/c1-3-5-7-9-11-13-15-17-18-20-22-24-26-31-35-39-44(49)50-41(37-33-29-27-30-34-38-42(46)45-40-43(47)48)36-32-28-25-23-21-19-16-14-12-10-8-6-4-2/h5,7,11,13,16-19,22-25,31,35,41H,3-4,6,8-10,12,14-15,20-21,26-30,32-34,36-40H2,1-2H3,(H,45,46)(H,47,48)/b7-5-,13-11-,18-17-,19-16-,24-22-,25-23-,35-31-. The normalized spacial score (nSPS) is 13.0. The van der Waals surface area contributed by atoms with E-state index in [0.717, 1.165) is 96.3 Å². The fraction of sp³-hybridized carbons (Fsp3) is 0.614. The van der Waals surface area contributed by atoms with E-state index in [-0.39, 0.29) is 24.5 Å². The van der Waals surface area contributed by atoms with E-state index in [1.807, 2.05) is 12.2 Å². The lowest BCUT2D eigenvalue weighted by atomic mass is 10.0. The average molecular weight is 694 g/mol. The molecule has 6 nitrogen and oxygen atoms in total. The van der Waals surface area contributed by atoms with Crippen LogP contribution in [0.4, 0.5) is 0 Å². The molecule has 6 heteroatoms. The Hall–Kier alpha value is -3.41. The van der Waals surface area contributed by atoms with Crippen LogP contribution in [0, 0.1) is 0 Å². The van der Waals surface area contributed by atoms with Crippen molar-refractivity contribution in [3.05, 3.63) is 85.1 Å². The Kier molecular flexibility index (Phi) is 35.8. The molecule has 0 bridgehead atoms. The van der Waals surface area contributed by atoms with Crippen LogP contribution in [0.25, 0.3) is 0 Å². The average Bonchev–Trinajstić information content (AvgIpc) is 3.10. The molecule has 0 radical (unpaired) electrons. The van der Waals surface area contributed by atoms with E-state index >= 15 is 0 Å². The molecule has 0 rings (SSSR count). The van der Waals surface area contributed by atoms with E-state index in [2.05, 4.69) is 92.1 Å². The maximum Gasteiger partial charge on any atom is 0.322 e. The zero-order chi connectivity index (χ0) is 36.6. The number of carbonyl (C=O) groups is 3. The number of carbonyl (C=O) groups excluding carboxylic acids is 2. The highest BCUT2D eigenvalue weighted by atomic mass is 16.5. The Labute approximate surface area is 306 Å². The van der Waals surface area contributed by atoms with Crippen molar-refractivity contribution in [3.63, 3.8) is 0 Å². The number of amides is 1. The van der Waals surface area contributed by atoms with Crippen LogP contribution in [-0.2, 0) is 19.1 Å². The van der Waals surface area contributed by atoms with Crippen molar-refractivity contribution in [2.45, 2.75) is 168 Å². The summed E-state index contributed by atoms with van der Waals surface area (Å²) in [6, 6.07) is 0. The molecule has 0 saturated carbocycles. The summed E-state index contributed by atoms with van der Waals surface area (Å²) in [5.41, 5.74) is 0. The van der Waals surface area contributed by atoms with E-state index in [0.29, 0.717) is 12.8 Å². The molecule has 0 aromatic rings. The van der Waals surface area contributed by atoms with Gasteiger partial charge in [-0.2, -0.15) is 0 Å². The molecule has 0 saturated heterocycles. The Morgan fingerprint density at radius 2 is 1.04 bits per heavy atom. The molecule has 0 spiro atoms. The quantitative estimate of drug-likeness (QED) is 0.0397. The highest BCUT2D eigenvalue weighted by molar-refractivity contribution is 5.80. The number of carboxylic acids is 1. The van der Waals surface area contributed by atoms with Gasteiger partial charge in [0.2, 0.25) is 5.91 Å². The topological polar surface area (TPSA) is 92.7 Å². The molecule has 0 aromatic carbocycles. The lowest BCUT2D eigenvalue weighted by molar-refractivity contribution is -0.148. The van der Waals surface area contributed by atoms with Crippen LogP contribution in [0.2, 0.25) is 0 Å². The van der Waals surface area contributed by atoms with Gasteiger partial charge in [-0.1, -0.05) is 144 Å². The van der Waals surface area contributed by atoms with Gasteiger partial charge in [-0.15, -0.1) is 0 Å². The molecule has 0 aliphatic carbocycles. The van der Waals surface area contributed by atoms with Gasteiger partial charge in [0, 0.05) is 6.42 Å². The summed E-state index contributed by atoms with van der Waals surface area (Å²) in [6.07, 6.45) is 52.8. The molecule has 1 unspecified atom stereocenters. The minimum absolute atomic E-state index is 0.0759. The summed E-state index contributed by atoms with van der Waals surface area (Å²) in [7, 11) is 0. The van der Waals surface area contributed by atoms with E-state index < -0.39 is 5.97 Å². The van der Waals surface area contributed by atoms with Gasteiger partial charge in [-0.05, 0) is 89.9 Å². The predicted molar refractivity (Wildman–Crippen MR) is 212 cm³/mol. The molecular weight excluding hydrogens is 622 g/mol. The fourth-order valence-corrected chi connectivity index (χ4v) is 5.21. The van der Waals surface area contributed by atoms with Crippen molar-refractivity contribution in [2.75, 3.05) is 6.54 Å². The van der Waals surface area contributed by atoms with E-state index in [1.165, 1.54) is 38.5 Å². The largest absolute Gasteiger partial charge is 0.480 e. The summed E-state index contributed by atoms with van der Waals surface area (Å²) in [4.78, 5) is 34.9. The molecule has 0 heterocycles. The molecule has 50 heavy (non-hydrogen) atoms. The number of allylic oxidation sites excluding steroid dienone is 13. The highest BCUT2D eigenvalue weighted by Gasteiger charge is 2.13. The number of hydrogen-bond acceptors (Lipinski definition) is 4. The van der Waals surface area contributed by atoms with Crippen LogP contribution in [0.1, 0.15) is 162 Å². The number of ether oxygens (including phenoxy) is 1. The minimum Gasteiger partial charge on any atom is -0.480 e. The Bertz CT molecular complexity index is 1030. The first kappa shape index (κ1) is 46.6. The summed E-state index contributed by atoms with van der Waals surface area (Å²) in [6.45, 7) is 4.07. The smallest absolute Gasteiger partial charge is 0.322 e. The van der Waals surface area contributed by atoms with E-state index in [1.54, 1.807) is 0 Å². The van der Waals surface area contributed by atoms with Gasteiger partial charge in [-0.3, -0.25) is 14.4 Å². The van der Waals surface area contributed by atoms with Gasteiger partial charge in [0.15, 0.2) is 0 Å². The first-order valence-corrected chi connectivity index (χ1v) is 19.7. The summed E-state index contributed by atoms with van der Waals surface area (Å²) in [5.74, 6) is -1.41. The lowest BCUT2D eigenvalue weighted by Gasteiger charge is -2.17. The van der Waals surface area contributed by atoms with E-state index in [9.17, 15) is 14.4 Å². The molecule has 0 aliphatic heterocycles. The number of esters is 1. The van der Waals surface area contributed by atoms with Crippen molar-refractivity contribution in [2.24, 2.45) is 0 Å². The maximum absolute atomic E-state index is 12.6. The molecule has 0 aromatic heterocycles. The van der Waals surface area contributed by atoms with Gasteiger partial charge in [0.05, 0.1) is 6.42 Å². The predicted octanol–water partition coefficient (Wildman–Crippen LogP) is 12.0. The van der Waals surface area contributed by atoms with Crippen molar-refractivity contribution in [1.29, 1.82) is 0 Å². The van der Waals surface area contributed by atoms with Crippen LogP contribution >= 0.6 is 0 Å². The van der Waals surface area contributed by atoms with Crippen molar-refractivity contribution < 1.29 is 24.2 Å². The number of carboxylic acid groups (broad SMARTS) is 1. The van der Waals surface area contributed by atoms with Gasteiger partial charge in [0.25, 0.3) is 0 Å². The summed E-state index contributed by atoms with van der Waals surface area (Å²) in [5, 5.41) is 11.1. The second-order valence-corrected chi connectivity index (χ2v) is 12.8. The molecule has 1 amide bonds. The number of hydrogen-bond donors (Lipinski definition) is 2. The maximum atomic E-state index is 12.6. The number of nitrogens with one attached hydrogen (secondary N) is 1. The van der Waals surface area contributed by atoms with Crippen molar-refractivity contribution in [1.82, 2.24) is 5.32 Å². The van der Waals surface area contributed by atoms with Gasteiger partial charge in [0.1, 0.15) is 12.6 Å². The third kappa shape index (κ3) is 37.4. The Morgan fingerprint density at radius 1 is 0.560 bits per heavy atom. The molecule has 1 atom stereocenters. The molecule has 282 valence electrons. The summed E-state index contributed by atoms with van der Waals surface area (Å²) >= 11 is 0. The van der Waals surface area contributed by atoms with Crippen LogP contribution in [0.15, 0.2) is 85.1 Å². The monoisotopic (exact) mass is 694 g/mol. The molecule has 0 fully saturated rings. The van der Waals surface area contributed by atoms with Crippen LogP contribution in [-0.4, -0.2) is 35.6 Å². The van der Waals surface area contributed by atoms with Gasteiger partial charge in [-0.25, -0.2) is 0 Å². The van der Waals surface area contributed by atoms with Crippen LogP contribution < -0.4 is 5.32 Å². The fourth-order valence-electron chi connectivity index (χ4n) is 5.21. The van der Waals surface area contributed by atoms with Crippen molar-refractivity contribution >= 4 is 17.8 Å². The number of aliphatic carboxylic acids is 1. The number of unbranched alkanes of at least 4 members (excludes halogenated alkanes) is 10. The van der Waals surface area contributed by atoms with Crippen molar-refractivity contribution in [3.8, 4) is 0 Å². The van der Waals surface area contributed by atoms with Gasteiger partial charge < -0.3 is 15.2 Å². The first-order chi connectivity index (χ1) is 24.5. The molecule has 0 aliphatic rings. The van der Waals surface area contributed by atoms with E-state index in [4.69, 9.17) is 9.84 Å². The number of rotatable bonds is 34. The second kappa shape index (κ2) is 38.4. The first-order valence-electron chi connectivity index (χ1n) is 19.7. The third-order valence-electron chi connectivity index (χ3n) is 8.08.